The van der Waals surface area contributed by atoms with Gasteiger partial charge in [-0.3, -0.25) is 19.2 Å². The molecule has 0 fully saturated rings. The topological polar surface area (TPSA) is 86.7 Å². The van der Waals surface area contributed by atoms with Gasteiger partial charge in [-0.25, -0.2) is 0 Å². The molecule has 128 valence electrons. The molecule has 0 atom stereocenters. The molecule has 0 amide bonds. The largest absolute Gasteiger partial charge is 0.462 e. The lowest BCUT2D eigenvalue weighted by atomic mass is 9.74. The number of ether oxygens (including phenoxy) is 2. The second-order valence-electron chi connectivity index (χ2n) is 5.15. The van der Waals surface area contributed by atoms with E-state index in [-0.39, 0.29) is 37.6 Å². The number of esters is 2. The molecule has 0 aromatic heterocycles. The zero-order valence-corrected chi connectivity index (χ0v) is 14.1. The molecule has 6 nitrogen and oxygen atoms in total. The highest BCUT2D eigenvalue weighted by molar-refractivity contribution is 6.05. The Morgan fingerprint density at radius 3 is 1.30 bits per heavy atom. The number of rotatable bonds is 10. The molecule has 0 spiro atoms. The fourth-order valence-corrected chi connectivity index (χ4v) is 1.94. The molecular formula is C17H24O6. The summed E-state index contributed by atoms with van der Waals surface area (Å²) in [5, 5.41) is 0. The predicted molar refractivity (Wildman–Crippen MR) is 84.6 cm³/mol. The van der Waals surface area contributed by atoms with Gasteiger partial charge in [0.25, 0.3) is 0 Å². The summed E-state index contributed by atoms with van der Waals surface area (Å²) in [6, 6.07) is 0. The Hall–Kier alpha value is -2.24. The van der Waals surface area contributed by atoms with E-state index >= 15 is 0 Å². The summed E-state index contributed by atoms with van der Waals surface area (Å²) >= 11 is 0. The highest BCUT2D eigenvalue weighted by Gasteiger charge is 2.38. The van der Waals surface area contributed by atoms with Gasteiger partial charge in [-0.1, -0.05) is 24.3 Å². The maximum Gasteiger partial charge on any atom is 0.302 e. The molecule has 0 N–H and O–H groups in total. The van der Waals surface area contributed by atoms with E-state index in [0.29, 0.717) is 0 Å². The molecule has 23 heavy (non-hydrogen) atoms. The molecule has 0 unspecified atom stereocenters. The van der Waals surface area contributed by atoms with E-state index in [0.717, 1.165) is 0 Å². The van der Waals surface area contributed by atoms with Crippen LogP contribution in [0.25, 0.3) is 0 Å². The van der Waals surface area contributed by atoms with Crippen molar-refractivity contribution in [2.75, 3.05) is 13.2 Å². The average Bonchev–Trinajstić information content (AvgIpc) is 2.43. The van der Waals surface area contributed by atoms with Gasteiger partial charge in [0.2, 0.25) is 0 Å². The fourth-order valence-electron chi connectivity index (χ4n) is 1.94. The Morgan fingerprint density at radius 2 is 1.04 bits per heavy atom. The Morgan fingerprint density at radius 1 is 0.696 bits per heavy atom. The molecule has 0 rings (SSSR count). The number of carbonyl (C=O) groups excluding carboxylic acids is 4. The van der Waals surface area contributed by atoms with Crippen LogP contribution in [0.3, 0.4) is 0 Å². The first-order valence-electron chi connectivity index (χ1n) is 7.31. The third-order valence-corrected chi connectivity index (χ3v) is 3.38. The Bertz CT molecular complexity index is 455. The van der Waals surface area contributed by atoms with Gasteiger partial charge in [-0.2, -0.15) is 0 Å². The SMILES string of the molecule is CC(=O)OC/C=C/CC(C/C=C/COC(C)=O)(C(C)=O)C(C)=O. The molecule has 0 aliphatic rings. The van der Waals surface area contributed by atoms with E-state index in [1.165, 1.54) is 27.7 Å². The smallest absolute Gasteiger partial charge is 0.302 e. The highest BCUT2D eigenvalue weighted by atomic mass is 16.5. The second-order valence-corrected chi connectivity index (χ2v) is 5.15. The second kappa shape index (κ2) is 10.5. The van der Waals surface area contributed by atoms with E-state index in [9.17, 15) is 19.2 Å². The molecular weight excluding hydrogens is 300 g/mol. The molecule has 0 aromatic rings. The Balaban J connectivity index is 4.83. The van der Waals surface area contributed by atoms with Crippen LogP contribution in [0.4, 0.5) is 0 Å². The van der Waals surface area contributed by atoms with Crippen molar-refractivity contribution >= 4 is 23.5 Å². The monoisotopic (exact) mass is 324 g/mol. The molecule has 0 radical (unpaired) electrons. The van der Waals surface area contributed by atoms with Gasteiger partial charge in [-0.15, -0.1) is 0 Å². The van der Waals surface area contributed by atoms with Crippen LogP contribution in [0, 0.1) is 5.41 Å². The lowest BCUT2D eigenvalue weighted by molar-refractivity contribution is -0.140. The maximum absolute atomic E-state index is 12.0. The van der Waals surface area contributed by atoms with Crippen LogP contribution in [0.15, 0.2) is 24.3 Å². The van der Waals surface area contributed by atoms with Gasteiger partial charge in [-0.05, 0) is 26.7 Å². The Kier molecular flexibility index (Phi) is 9.46. The normalized spacial score (nSPS) is 11.7. The highest BCUT2D eigenvalue weighted by Crippen LogP contribution is 2.30. The van der Waals surface area contributed by atoms with Crippen LogP contribution in [-0.2, 0) is 28.7 Å². The lowest BCUT2D eigenvalue weighted by Gasteiger charge is -2.26. The summed E-state index contributed by atoms with van der Waals surface area (Å²) < 4.78 is 9.51. The minimum Gasteiger partial charge on any atom is -0.462 e. The van der Waals surface area contributed by atoms with E-state index in [1.807, 2.05) is 0 Å². The van der Waals surface area contributed by atoms with Crippen LogP contribution in [0.1, 0.15) is 40.5 Å². The van der Waals surface area contributed by atoms with Gasteiger partial charge < -0.3 is 9.47 Å². The van der Waals surface area contributed by atoms with Crippen molar-refractivity contribution in [3.8, 4) is 0 Å². The summed E-state index contributed by atoms with van der Waals surface area (Å²) in [6.45, 7) is 5.56. The molecule has 0 heterocycles. The van der Waals surface area contributed by atoms with Crippen molar-refractivity contribution in [1.29, 1.82) is 0 Å². The van der Waals surface area contributed by atoms with Gasteiger partial charge in [0.15, 0.2) is 0 Å². The number of ketones is 2. The van der Waals surface area contributed by atoms with Crippen LogP contribution in [-0.4, -0.2) is 36.7 Å². The summed E-state index contributed by atoms with van der Waals surface area (Å²) in [5.41, 5.74) is -1.15. The molecule has 0 saturated heterocycles. The molecule has 6 heteroatoms. The van der Waals surface area contributed by atoms with E-state index in [4.69, 9.17) is 9.47 Å². The number of Topliss-reactive ketones (excluding diaryl/α,β-unsaturated/α-hetero) is 2. The zero-order chi connectivity index (χ0) is 17.9. The van der Waals surface area contributed by atoms with Crippen molar-refractivity contribution in [2.45, 2.75) is 40.5 Å². The third-order valence-electron chi connectivity index (χ3n) is 3.38. The Labute approximate surface area is 136 Å². The van der Waals surface area contributed by atoms with Crippen LogP contribution in [0.2, 0.25) is 0 Å². The summed E-state index contributed by atoms with van der Waals surface area (Å²) in [6.07, 6.45) is 6.96. The number of carbonyl (C=O) groups is 4. The first-order chi connectivity index (χ1) is 10.7. The van der Waals surface area contributed by atoms with Gasteiger partial charge >= 0.3 is 11.9 Å². The minimum atomic E-state index is -1.15. The van der Waals surface area contributed by atoms with Crippen molar-refractivity contribution in [3.05, 3.63) is 24.3 Å². The minimum absolute atomic E-state index is 0.101. The molecule has 0 aliphatic carbocycles. The van der Waals surface area contributed by atoms with Crippen molar-refractivity contribution in [2.24, 2.45) is 5.41 Å². The van der Waals surface area contributed by atoms with Crippen LogP contribution in [0.5, 0.6) is 0 Å². The van der Waals surface area contributed by atoms with Crippen molar-refractivity contribution < 1.29 is 28.7 Å². The van der Waals surface area contributed by atoms with Crippen molar-refractivity contribution in [1.82, 2.24) is 0 Å². The zero-order valence-electron chi connectivity index (χ0n) is 14.1. The van der Waals surface area contributed by atoms with Crippen molar-refractivity contribution in [3.63, 3.8) is 0 Å². The van der Waals surface area contributed by atoms with Crippen LogP contribution < -0.4 is 0 Å². The number of hydrogen-bond acceptors (Lipinski definition) is 6. The molecule has 0 saturated carbocycles. The van der Waals surface area contributed by atoms with E-state index in [2.05, 4.69) is 0 Å². The van der Waals surface area contributed by atoms with E-state index in [1.54, 1.807) is 24.3 Å². The lowest BCUT2D eigenvalue weighted by Crippen LogP contribution is -2.35. The summed E-state index contributed by atoms with van der Waals surface area (Å²) in [7, 11) is 0. The number of allylic oxidation sites excluding steroid dienone is 2. The molecule has 0 aliphatic heterocycles. The van der Waals surface area contributed by atoms with Gasteiger partial charge in [0.05, 0.1) is 5.41 Å². The third kappa shape index (κ3) is 8.09. The summed E-state index contributed by atoms with van der Waals surface area (Å²) in [5.74, 6) is -1.27. The average molecular weight is 324 g/mol. The fraction of sp³-hybridized carbons (Fsp3) is 0.529. The van der Waals surface area contributed by atoms with Gasteiger partial charge in [0.1, 0.15) is 24.8 Å². The summed E-state index contributed by atoms with van der Waals surface area (Å²) in [4.78, 5) is 45.3. The quantitative estimate of drug-likeness (QED) is 0.348. The maximum atomic E-state index is 12.0. The standard InChI is InChI=1S/C17H24O6/c1-13(18)17(14(2)19,9-5-7-11-22-15(3)20)10-6-8-12-23-16(4)21/h5-8H,9-12H2,1-4H3/b7-5+,8-6+. The molecule has 0 aromatic carbocycles. The number of hydrogen-bond donors (Lipinski definition) is 0. The first-order valence-corrected chi connectivity index (χ1v) is 7.31. The first kappa shape index (κ1) is 20.8. The predicted octanol–water partition coefficient (Wildman–Crippen LogP) is 2.17. The van der Waals surface area contributed by atoms with Crippen LogP contribution >= 0.6 is 0 Å². The molecule has 0 bridgehead atoms. The van der Waals surface area contributed by atoms with Gasteiger partial charge in [0, 0.05) is 13.8 Å². The van der Waals surface area contributed by atoms with E-state index < -0.39 is 17.4 Å².